The van der Waals surface area contributed by atoms with Crippen molar-refractivity contribution in [3.05, 3.63) is 23.3 Å². The fourth-order valence-electron chi connectivity index (χ4n) is 5.26. The van der Waals surface area contributed by atoms with E-state index in [2.05, 4.69) is 20.8 Å². The SMILES string of the molecule is CC1=C[C@]2(O)CC[C@H]3C(C)(C)CCC[C@]3(C)C2=CC1=O. The summed E-state index contributed by atoms with van der Waals surface area (Å²) in [5, 5.41) is 11.1. The smallest absolute Gasteiger partial charge is 0.181 e. The van der Waals surface area contributed by atoms with Gasteiger partial charge >= 0.3 is 0 Å². The summed E-state index contributed by atoms with van der Waals surface area (Å²) < 4.78 is 0. The molecule has 0 amide bonds. The van der Waals surface area contributed by atoms with Gasteiger partial charge in [0, 0.05) is 0 Å². The third-order valence-corrected chi connectivity index (χ3v) is 6.24. The predicted octanol–water partition coefficient (Wildman–Crippen LogP) is 3.80. The van der Waals surface area contributed by atoms with Crippen LogP contribution < -0.4 is 0 Å². The molecule has 3 aliphatic rings. The second-order valence-corrected chi connectivity index (χ2v) is 8.02. The second-order valence-electron chi connectivity index (χ2n) is 8.02. The maximum atomic E-state index is 12.1. The average Bonchev–Trinajstić information content (AvgIpc) is 2.31. The number of carbonyl (C=O) groups is 1. The minimum atomic E-state index is -0.878. The Morgan fingerprint density at radius 3 is 2.60 bits per heavy atom. The Hall–Kier alpha value is -0.890. The minimum Gasteiger partial charge on any atom is -0.381 e. The van der Waals surface area contributed by atoms with Crippen LogP contribution in [0.15, 0.2) is 23.3 Å². The van der Waals surface area contributed by atoms with Gasteiger partial charge in [-0.2, -0.15) is 0 Å². The van der Waals surface area contributed by atoms with Gasteiger partial charge in [-0.1, -0.05) is 27.2 Å². The predicted molar refractivity (Wildman–Crippen MR) is 80.3 cm³/mol. The molecule has 2 nitrogen and oxygen atoms in total. The zero-order valence-electron chi connectivity index (χ0n) is 13.1. The topological polar surface area (TPSA) is 37.3 Å². The van der Waals surface area contributed by atoms with Crippen LogP contribution in [0.25, 0.3) is 0 Å². The molecule has 2 saturated carbocycles. The van der Waals surface area contributed by atoms with Crippen molar-refractivity contribution in [3.8, 4) is 0 Å². The van der Waals surface area contributed by atoms with E-state index in [1.165, 1.54) is 12.8 Å². The largest absolute Gasteiger partial charge is 0.381 e. The molecular weight excluding hydrogens is 248 g/mol. The highest BCUT2D eigenvalue weighted by Gasteiger charge is 2.56. The van der Waals surface area contributed by atoms with Gasteiger partial charge in [-0.25, -0.2) is 0 Å². The molecule has 0 bridgehead atoms. The first-order chi connectivity index (χ1) is 9.19. The third kappa shape index (κ3) is 1.77. The standard InChI is InChI=1S/C18H26O2/c1-12-11-18(20)9-6-14-16(2,3)7-5-8-17(14,4)15(18)10-13(12)19/h10-11,14,20H,5-9H2,1-4H3/t14-,17-,18+/m0/s1. The van der Waals surface area contributed by atoms with E-state index < -0.39 is 5.60 Å². The van der Waals surface area contributed by atoms with Crippen molar-refractivity contribution in [2.24, 2.45) is 16.7 Å². The fourth-order valence-corrected chi connectivity index (χ4v) is 5.26. The van der Waals surface area contributed by atoms with Crippen LogP contribution >= 0.6 is 0 Å². The maximum Gasteiger partial charge on any atom is 0.181 e. The number of allylic oxidation sites excluding steroid dienone is 2. The lowest BCUT2D eigenvalue weighted by Gasteiger charge is -2.59. The Kier molecular flexibility index (Phi) is 2.86. The van der Waals surface area contributed by atoms with Crippen LogP contribution in [-0.2, 0) is 4.79 Å². The van der Waals surface area contributed by atoms with E-state index >= 15 is 0 Å². The number of ketones is 1. The Morgan fingerprint density at radius 1 is 1.20 bits per heavy atom. The molecule has 3 atom stereocenters. The van der Waals surface area contributed by atoms with E-state index in [-0.39, 0.29) is 11.2 Å². The second kappa shape index (κ2) is 4.07. The molecule has 2 fully saturated rings. The van der Waals surface area contributed by atoms with Crippen molar-refractivity contribution in [2.45, 2.75) is 65.4 Å². The van der Waals surface area contributed by atoms with E-state index in [9.17, 15) is 9.90 Å². The molecule has 3 rings (SSSR count). The Bertz CT molecular complexity index is 526. The summed E-state index contributed by atoms with van der Waals surface area (Å²) in [6.07, 6.45) is 8.90. The van der Waals surface area contributed by atoms with E-state index in [4.69, 9.17) is 0 Å². The molecule has 110 valence electrons. The van der Waals surface area contributed by atoms with E-state index in [0.29, 0.717) is 16.9 Å². The molecule has 0 saturated heterocycles. The van der Waals surface area contributed by atoms with Crippen molar-refractivity contribution >= 4 is 5.78 Å². The summed E-state index contributed by atoms with van der Waals surface area (Å²) >= 11 is 0. The molecule has 3 aliphatic carbocycles. The van der Waals surface area contributed by atoms with E-state index in [1.807, 2.05) is 13.0 Å². The zero-order chi connectivity index (χ0) is 14.8. The quantitative estimate of drug-likeness (QED) is 0.729. The van der Waals surface area contributed by atoms with Crippen LogP contribution in [0.4, 0.5) is 0 Å². The van der Waals surface area contributed by atoms with E-state index in [1.54, 1.807) is 6.08 Å². The van der Waals surface area contributed by atoms with Crippen LogP contribution in [0.5, 0.6) is 0 Å². The lowest BCUT2D eigenvalue weighted by molar-refractivity contribution is -0.112. The van der Waals surface area contributed by atoms with Crippen LogP contribution in [0, 0.1) is 16.7 Å². The Balaban J connectivity index is 2.10. The summed E-state index contributed by atoms with van der Waals surface area (Å²) in [6.45, 7) is 8.79. The molecule has 0 aliphatic heterocycles. The number of hydrogen-bond acceptors (Lipinski definition) is 2. The third-order valence-electron chi connectivity index (χ3n) is 6.24. The average molecular weight is 274 g/mol. The highest BCUT2D eigenvalue weighted by Crippen LogP contribution is 2.62. The highest BCUT2D eigenvalue weighted by atomic mass is 16.3. The van der Waals surface area contributed by atoms with Crippen LogP contribution in [0.3, 0.4) is 0 Å². The van der Waals surface area contributed by atoms with Gasteiger partial charge < -0.3 is 5.11 Å². The molecule has 0 spiro atoms. The van der Waals surface area contributed by atoms with Crippen molar-refractivity contribution in [3.63, 3.8) is 0 Å². The lowest BCUT2D eigenvalue weighted by Crippen LogP contribution is -2.54. The number of hydrogen-bond donors (Lipinski definition) is 1. The molecule has 20 heavy (non-hydrogen) atoms. The van der Waals surface area contributed by atoms with Crippen molar-refractivity contribution < 1.29 is 9.90 Å². The number of aliphatic hydroxyl groups is 1. The first-order valence-electron chi connectivity index (χ1n) is 7.88. The molecule has 0 aromatic carbocycles. The normalized spacial score (nSPS) is 43.2. The molecule has 0 aromatic heterocycles. The van der Waals surface area contributed by atoms with Crippen molar-refractivity contribution in [1.29, 1.82) is 0 Å². The Labute approximate surface area is 122 Å². The zero-order valence-corrected chi connectivity index (χ0v) is 13.1. The van der Waals surface area contributed by atoms with E-state index in [0.717, 1.165) is 24.8 Å². The fraction of sp³-hybridized carbons (Fsp3) is 0.722. The first-order valence-corrected chi connectivity index (χ1v) is 7.88. The molecular formula is C18H26O2. The minimum absolute atomic E-state index is 0.0262. The van der Waals surface area contributed by atoms with Gasteiger partial charge in [0.1, 0.15) is 5.60 Å². The van der Waals surface area contributed by atoms with Gasteiger partial charge in [0.15, 0.2) is 5.78 Å². The summed E-state index contributed by atoms with van der Waals surface area (Å²) in [5.74, 6) is 0.643. The summed E-state index contributed by atoms with van der Waals surface area (Å²) in [4.78, 5) is 12.1. The molecule has 0 heterocycles. The van der Waals surface area contributed by atoms with Gasteiger partial charge in [0.25, 0.3) is 0 Å². The summed E-state index contributed by atoms with van der Waals surface area (Å²) in [6, 6.07) is 0. The van der Waals surface area contributed by atoms with Gasteiger partial charge in [0.05, 0.1) is 0 Å². The van der Waals surface area contributed by atoms with Crippen LogP contribution in [-0.4, -0.2) is 16.5 Å². The lowest BCUT2D eigenvalue weighted by atomic mass is 9.47. The van der Waals surface area contributed by atoms with Gasteiger partial charge in [0.2, 0.25) is 0 Å². The summed E-state index contributed by atoms with van der Waals surface area (Å²) in [5.41, 5.74) is 1.07. The van der Waals surface area contributed by atoms with Gasteiger partial charge in [-0.3, -0.25) is 4.79 Å². The van der Waals surface area contributed by atoms with Crippen molar-refractivity contribution in [1.82, 2.24) is 0 Å². The van der Waals surface area contributed by atoms with Crippen molar-refractivity contribution in [2.75, 3.05) is 0 Å². The first kappa shape index (κ1) is 14.1. The van der Waals surface area contributed by atoms with Crippen LogP contribution in [0.2, 0.25) is 0 Å². The number of rotatable bonds is 0. The monoisotopic (exact) mass is 274 g/mol. The van der Waals surface area contributed by atoms with Crippen LogP contribution in [0.1, 0.15) is 59.8 Å². The molecule has 2 heteroatoms. The molecule has 1 N–H and O–H groups in total. The highest BCUT2D eigenvalue weighted by molar-refractivity contribution is 6.05. The number of fused-ring (bicyclic) bond motifs is 3. The number of carbonyl (C=O) groups excluding carboxylic acids is 1. The molecule has 0 unspecified atom stereocenters. The molecule has 0 aromatic rings. The van der Waals surface area contributed by atoms with Gasteiger partial charge in [-0.05, 0) is 72.7 Å². The summed E-state index contributed by atoms with van der Waals surface area (Å²) in [7, 11) is 0. The Morgan fingerprint density at radius 2 is 1.90 bits per heavy atom. The molecule has 0 radical (unpaired) electrons. The maximum absolute atomic E-state index is 12.1. The van der Waals surface area contributed by atoms with Gasteiger partial charge in [-0.15, -0.1) is 0 Å².